The van der Waals surface area contributed by atoms with Crippen LogP contribution in [0.4, 0.5) is 0 Å². The molecule has 66 valence electrons. The molecule has 0 aliphatic carbocycles. The van der Waals surface area contributed by atoms with Gasteiger partial charge in [0.25, 0.3) is 0 Å². The lowest BCUT2D eigenvalue weighted by molar-refractivity contribution is -0.131. The van der Waals surface area contributed by atoms with Crippen molar-refractivity contribution >= 4 is 21.8 Å². The molecule has 0 fully saturated rings. The Morgan fingerprint density at radius 2 is 2.18 bits per heavy atom. The van der Waals surface area contributed by atoms with E-state index in [1.165, 1.54) is 0 Å². The third-order valence-corrected chi connectivity index (χ3v) is 2.68. The molecule has 0 radical (unpaired) electrons. The van der Waals surface area contributed by atoms with Crippen LogP contribution in [0.25, 0.3) is 0 Å². The summed E-state index contributed by atoms with van der Waals surface area (Å²) in [5, 5.41) is 0.846. The van der Waals surface area contributed by atoms with Gasteiger partial charge in [-0.05, 0) is 13.3 Å². The fourth-order valence-electron chi connectivity index (χ4n) is 0.740. The molecule has 0 aromatic heterocycles. The highest BCUT2D eigenvalue weighted by atomic mass is 79.9. The van der Waals surface area contributed by atoms with Crippen LogP contribution in [0.5, 0.6) is 0 Å². The van der Waals surface area contributed by atoms with Crippen LogP contribution >= 0.6 is 15.9 Å². The molecule has 0 aliphatic rings. The van der Waals surface area contributed by atoms with Crippen LogP contribution in [0, 0.1) is 0 Å². The summed E-state index contributed by atoms with van der Waals surface area (Å²) in [4.78, 5) is 13.0. The summed E-state index contributed by atoms with van der Waals surface area (Å²) in [6, 6.07) is 0.300. The zero-order valence-electron chi connectivity index (χ0n) is 7.43. The summed E-state index contributed by atoms with van der Waals surface area (Å²) in [7, 11) is 1.85. The Hall–Kier alpha value is -0.0500. The van der Waals surface area contributed by atoms with Crippen LogP contribution in [-0.2, 0) is 4.79 Å². The molecule has 0 aliphatic heterocycles. The summed E-state index contributed by atoms with van der Waals surface area (Å²) in [5.41, 5.74) is 0. The topological polar surface area (TPSA) is 20.3 Å². The smallest absolute Gasteiger partial charge is 0.222 e. The minimum absolute atomic E-state index is 0.236. The Bertz CT molecular complexity index is 127. The Balaban J connectivity index is 3.80. The maximum Gasteiger partial charge on any atom is 0.222 e. The van der Waals surface area contributed by atoms with Gasteiger partial charge in [0, 0.05) is 24.8 Å². The van der Waals surface area contributed by atoms with E-state index in [9.17, 15) is 4.79 Å². The molecule has 0 rings (SSSR count). The molecule has 0 bridgehead atoms. The minimum atomic E-state index is 0.236. The fraction of sp³-hybridized carbons (Fsp3) is 0.875. The lowest BCUT2D eigenvalue weighted by atomic mass is 10.2. The highest BCUT2D eigenvalue weighted by Gasteiger charge is 2.12. The van der Waals surface area contributed by atoms with Crippen molar-refractivity contribution in [2.45, 2.75) is 32.7 Å². The van der Waals surface area contributed by atoms with E-state index in [1.54, 1.807) is 4.90 Å². The molecule has 0 saturated heterocycles. The molecule has 11 heavy (non-hydrogen) atoms. The number of carbonyl (C=O) groups excluding carboxylic acids is 1. The van der Waals surface area contributed by atoms with Crippen molar-refractivity contribution in [3.63, 3.8) is 0 Å². The average molecular weight is 222 g/mol. The molecular weight excluding hydrogens is 206 g/mol. The second-order valence-corrected chi connectivity index (χ2v) is 3.41. The van der Waals surface area contributed by atoms with Gasteiger partial charge >= 0.3 is 0 Å². The Kier molecular flexibility index (Phi) is 5.56. The Labute approximate surface area is 77.1 Å². The molecular formula is C8H16BrNO. The van der Waals surface area contributed by atoms with Gasteiger partial charge in [-0.3, -0.25) is 4.79 Å². The van der Waals surface area contributed by atoms with Crippen LogP contribution in [-0.4, -0.2) is 29.2 Å². The monoisotopic (exact) mass is 221 g/mol. The predicted octanol–water partition coefficient (Wildman–Crippen LogP) is 2.03. The average Bonchev–Trinajstić information content (AvgIpc) is 2.02. The lowest BCUT2D eigenvalue weighted by Gasteiger charge is -2.22. The van der Waals surface area contributed by atoms with Gasteiger partial charge < -0.3 is 4.90 Å². The number of carbonyl (C=O) groups is 1. The largest absolute Gasteiger partial charge is 0.342 e. The van der Waals surface area contributed by atoms with E-state index in [0.29, 0.717) is 12.5 Å². The zero-order chi connectivity index (χ0) is 8.85. The van der Waals surface area contributed by atoms with Crippen LogP contribution in [0.1, 0.15) is 26.7 Å². The molecule has 0 spiro atoms. The fourth-order valence-corrected chi connectivity index (χ4v) is 1.17. The second kappa shape index (κ2) is 5.58. The predicted molar refractivity (Wildman–Crippen MR) is 50.9 cm³/mol. The summed E-state index contributed by atoms with van der Waals surface area (Å²) in [6.07, 6.45) is 1.59. The molecule has 3 heteroatoms. The van der Waals surface area contributed by atoms with E-state index < -0.39 is 0 Å². The van der Waals surface area contributed by atoms with E-state index >= 15 is 0 Å². The summed E-state index contributed by atoms with van der Waals surface area (Å²) in [6.45, 7) is 4.05. The van der Waals surface area contributed by atoms with Crippen molar-refractivity contribution < 1.29 is 4.79 Å². The van der Waals surface area contributed by atoms with Crippen LogP contribution < -0.4 is 0 Å². The van der Waals surface area contributed by atoms with Crippen molar-refractivity contribution in [2.75, 3.05) is 12.4 Å². The first kappa shape index (κ1) is 11.0. The van der Waals surface area contributed by atoms with Gasteiger partial charge in [0.1, 0.15) is 0 Å². The Morgan fingerprint density at radius 3 is 2.55 bits per heavy atom. The molecule has 0 heterocycles. The molecule has 1 amide bonds. The Morgan fingerprint density at radius 1 is 1.64 bits per heavy atom. The van der Waals surface area contributed by atoms with E-state index in [0.717, 1.165) is 11.8 Å². The number of hydrogen-bond donors (Lipinski definition) is 0. The normalized spacial score (nSPS) is 12.7. The molecule has 0 aromatic rings. The number of hydrogen-bond acceptors (Lipinski definition) is 1. The van der Waals surface area contributed by atoms with E-state index in [1.807, 2.05) is 20.9 Å². The molecule has 2 nitrogen and oxygen atoms in total. The maximum absolute atomic E-state index is 11.2. The van der Waals surface area contributed by atoms with E-state index in [2.05, 4.69) is 15.9 Å². The van der Waals surface area contributed by atoms with Crippen LogP contribution in [0.2, 0.25) is 0 Å². The molecule has 1 atom stereocenters. The molecule has 0 N–H and O–H groups in total. The minimum Gasteiger partial charge on any atom is -0.342 e. The van der Waals surface area contributed by atoms with Gasteiger partial charge in [-0.1, -0.05) is 22.9 Å². The zero-order valence-corrected chi connectivity index (χ0v) is 9.02. The highest BCUT2D eigenvalue weighted by molar-refractivity contribution is 9.09. The van der Waals surface area contributed by atoms with Gasteiger partial charge in [0.2, 0.25) is 5.91 Å². The first-order valence-electron chi connectivity index (χ1n) is 3.95. The summed E-state index contributed by atoms with van der Waals surface area (Å²) < 4.78 is 0. The standard InChI is InChI=1S/C8H16BrNO/c1-4-5-8(11)10(3)7(2)6-9/h7H,4-6H2,1-3H3. The van der Waals surface area contributed by atoms with Crippen molar-refractivity contribution in [1.29, 1.82) is 0 Å². The van der Waals surface area contributed by atoms with E-state index in [4.69, 9.17) is 0 Å². The quantitative estimate of drug-likeness (QED) is 0.666. The molecule has 0 saturated carbocycles. The van der Waals surface area contributed by atoms with Crippen LogP contribution in [0.3, 0.4) is 0 Å². The van der Waals surface area contributed by atoms with Gasteiger partial charge in [-0.2, -0.15) is 0 Å². The third kappa shape index (κ3) is 3.75. The number of rotatable bonds is 4. The van der Waals surface area contributed by atoms with E-state index in [-0.39, 0.29) is 5.91 Å². The van der Waals surface area contributed by atoms with Gasteiger partial charge in [0.05, 0.1) is 0 Å². The van der Waals surface area contributed by atoms with Crippen molar-refractivity contribution in [1.82, 2.24) is 4.90 Å². The van der Waals surface area contributed by atoms with Crippen LogP contribution in [0.15, 0.2) is 0 Å². The maximum atomic E-state index is 11.2. The lowest BCUT2D eigenvalue weighted by Crippen LogP contribution is -2.35. The van der Waals surface area contributed by atoms with Gasteiger partial charge in [-0.25, -0.2) is 0 Å². The van der Waals surface area contributed by atoms with Crippen molar-refractivity contribution in [3.05, 3.63) is 0 Å². The highest BCUT2D eigenvalue weighted by Crippen LogP contribution is 2.03. The number of nitrogens with zero attached hydrogens (tertiary/aromatic N) is 1. The molecule has 0 aromatic carbocycles. The number of amides is 1. The third-order valence-electron chi connectivity index (χ3n) is 1.74. The first-order valence-corrected chi connectivity index (χ1v) is 5.07. The molecule has 1 unspecified atom stereocenters. The number of alkyl halides is 1. The van der Waals surface area contributed by atoms with Crippen molar-refractivity contribution in [2.24, 2.45) is 0 Å². The van der Waals surface area contributed by atoms with Crippen molar-refractivity contribution in [3.8, 4) is 0 Å². The van der Waals surface area contributed by atoms with Gasteiger partial charge in [-0.15, -0.1) is 0 Å². The first-order chi connectivity index (χ1) is 5.13. The van der Waals surface area contributed by atoms with Gasteiger partial charge in [0.15, 0.2) is 0 Å². The SMILES string of the molecule is CCCC(=O)N(C)C(C)CBr. The second-order valence-electron chi connectivity index (χ2n) is 2.76. The number of halogens is 1. The summed E-state index contributed by atoms with van der Waals surface area (Å²) in [5.74, 6) is 0.236. The summed E-state index contributed by atoms with van der Waals surface area (Å²) >= 11 is 3.34.